The number of H-pyrrole nitrogens is 1. The molecule has 0 aliphatic carbocycles. The molecular formula is C11H14N2O5S. The van der Waals surface area contributed by atoms with Crippen molar-refractivity contribution in [3.05, 3.63) is 27.4 Å². The van der Waals surface area contributed by atoms with E-state index in [-0.39, 0.29) is 6.61 Å². The van der Waals surface area contributed by atoms with Gasteiger partial charge in [-0.05, 0) is 6.07 Å². The van der Waals surface area contributed by atoms with Crippen LogP contribution in [0, 0.1) is 4.64 Å². The zero-order chi connectivity index (χ0) is 14.0. The zero-order valence-electron chi connectivity index (χ0n) is 10.2. The van der Waals surface area contributed by atoms with Crippen LogP contribution in [0.4, 0.5) is 0 Å². The van der Waals surface area contributed by atoms with E-state index in [2.05, 4.69) is 4.98 Å². The van der Waals surface area contributed by atoms with E-state index in [1.807, 2.05) is 0 Å². The van der Waals surface area contributed by atoms with Crippen LogP contribution in [-0.2, 0) is 14.3 Å². The molecule has 3 atom stereocenters. The number of carbonyl (C=O) groups is 1. The van der Waals surface area contributed by atoms with Gasteiger partial charge in [0.05, 0.1) is 6.61 Å². The van der Waals surface area contributed by atoms with Crippen LogP contribution >= 0.6 is 12.2 Å². The first-order valence-corrected chi connectivity index (χ1v) is 6.17. The molecular weight excluding hydrogens is 272 g/mol. The van der Waals surface area contributed by atoms with E-state index in [1.165, 1.54) is 17.7 Å². The molecule has 2 N–H and O–H groups in total. The Morgan fingerprint density at radius 1 is 1.74 bits per heavy atom. The van der Waals surface area contributed by atoms with Gasteiger partial charge >= 0.3 is 11.7 Å². The van der Waals surface area contributed by atoms with Gasteiger partial charge in [-0.25, -0.2) is 4.79 Å². The zero-order valence-corrected chi connectivity index (χ0v) is 11.1. The lowest BCUT2D eigenvalue weighted by Gasteiger charge is -2.15. The van der Waals surface area contributed by atoms with E-state index in [4.69, 9.17) is 21.7 Å². The molecule has 0 radical (unpaired) electrons. The third kappa shape index (κ3) is 3.09. The Hall–Kier alpha value is -1.51. The predicted octanol–water partition coefficient (Wildman–Crippen LogP) is 0.117. The Morgan fingerprint density at radius 2 is 2.47 bits per heavy atom. The number of aliphatic hydroxyl groups is 1. The standard InChI is InChI=1S/C11H14N2O5S/c1-6(15)17-7-4-10(18-8(7)5-14)13-3-2-9(19)12-11(13)16/h2-3,7-8,10,14H,4-5H2,1H3,(H,12,16,19)/t7-,8+,10+/m0/s1. The fraction of sp³-hybridized carbons (Fsp3) is 0.545. The molecule has 1 aliphatic rings. The highest BCUT2D eigenvalue weighted by Crippen LogP contribution is 2.29. The van der Waals surface area contributed by atoms with Gasteiger partial charge in [0.2, 0.25) is 0 Å². The maximum Gasteiger partial charge on any atom is 0.328 e. The molecule has 1 saturated heterocycles. The second-order valence-corrected chi connectivity index (χ2v) is 4.65. The lowest BCUT2D eigenvalue weighted by atomic mass is 10.2. The Balaban J connectivity index is 2.21. The Morgan fingerprint density at radius 3 is 3.05 bits per heavy atom. The van der Waals surface area contributed by atoms with Gasteiger partial charge in [-0.15, -0.1) is 0 Å². The SMILES string of the molecule is CC(=O)O[C@H]1C[C@H](n2ccc(=S)[nH]c2=O)O[C@@H]1CO. The van der Waals surface area contributed by atoms with Crippen molar-refractivity contribution in [2.24, 2.45) is 0 Å². The molecule has 1 aromatic heterocycles. The molecule has 0 bridgehead atoms. The van der Waals surface area contributed by atoms with Gasteiger partial charge < -0.3 is 14.6 Å². The van der Waals surface area contributed by atoms with Gasteiger partial charge in [-0.3, -0.25) is 14.3 Å². The van der Waals surface area contributed by atoms with Crippen molar-refractivity contribution in [3.63, 3.8) is 0 Å². The van der Waals surface area contributed by atoms with Crippen LogP contribution in [0.1, 0.15) is 19.6 Å². The van der Waals surface area contributed by atoms with Crippen molar-refractivity contribution in [2.45, 2.75) is 31.8 Å². The van der Waals surface area contributed by atoms with Gasteiger partial charge in [0.1, 0.15) is 23.1 Å². The first-order valence-electron chi connectivity index (χ1n) is 5.76. The van der Waals surface area contributed by atoms with Crippen molar-refractivity contribution in [3.8, 4) is 0 Å². The molecule has 19 heavy (non-hydrogen) atoms. The second-order valence-electron chi connectivity index (χ2n) is 4.21. The molecule has 0 unspecified atom stereocenters. The van der Waals surface area contributed by atoms with Crippen LogP contribution < -0.4 is 5.69 Å². The fourth-order valence-corrected chi connectivity index (χ4v) is 2.17. The predicted molar refractivity (Wildman–Crippen MR) is 67.1 cm³/mol. The average molecular weight is 286 g/mol. The summed E-state index contributed by atoms with van der Waals surface area (Å²) in [5.41, 5.74) is -0.405. The number of rotatable bonds is 3. The molecule has 2 rings (SSSR count). The summed E-state index contributed by atoms with van der Waals surface area (Å²) in [7, 11) is 0. The van der Waals surface area contributed by atoms with Gasteiger partial charge in [0.15, 0.2) is 0 Å². The quantitative estimate of drug-likeness (QED) is 0.605. The molecule has 0 aromatic carbocycles. The van der Waals surface area contributed by atoms with Crippen molar-refractivity contribution in [1.29, 1.82) is 0 Å². The maximum atomic E-state index is 11.7. The fourth-order valence-electron chi connectivity index (χ4n) is 2.03. The maximum absolute atomic E-state index is 11.7. The van der Waals surface area contributed by atoms with E-state index < -0.39 is 30.1 Å². The van der Waals surface area contributed by atoms with Crippen LogP contribution in [-0.4, -0.2) is 39.4 Å². The summed E-state index contributed by atoms with van der Waals surface area (Å²) in [4.78, 5) is 25.2. The summed E-state index contributed by atoms with van der Waals surface area (Å²) in [5, 5.41) is 9.20. The molecule has 1 aliphatic heterocycles. The van der Waals surface area contributed by atoms with Crippen molar-refractivity contribution >= 4 is 18.2 Å². The second kappa shape index (κ2) is 5.64. The summed E-state index contributed by atoms with van der Waals surface area (Å²) in [6.45, 7) is 1.000. The Kier molecular flexibility index (Phi) is 4.13. The van der Waals surface area contributed by atoms with E-state index in [0.29, 0.717) is 11.1 Å². The van der Waals surface area contributed by atoms with Crippen molar-refractivity contribution in [1.82, 2.24) is 9.55 Å². The molecule has 1 aromatic rings. The summed E-state index contributed by atoms with van der Waals surface area (Å²) in [6, 6.07) is 1.56. The smallest absolute Gasteiger partial charge is 0.328 e. The van der Waals surface area contributed by atoms with Gasteiger partial charge in [0, 0.05) is 19.5 Å². The highest BCUT2D eigenvalue weighted by molar-refractivity contribution is 7.71. The van der Waals surface area contributed by atoms with Crippen LogP contribution in [0.15, 0.2) is 17.1 Å². The molecule has 0 spiro atoms. The number of carbonyl (C=O) groups excluding carboxylic acids is 1. The molecule has 0 amide bonds. The molecule has 104 valence electrons. The van der Waals surface area contributed by atoms with E-state index in [9.17, 15) is 14.7 Å². The topological polar surface area (TPSA) is 93.6 Å². The van der Waals surface area contributed by atoms with Crippen LogP contribution in [0.25, 0.3) is 0 Å². The van der Waals surface area contributed by atoms with E-state index in [0.717, 1.165) is 0 Å². The summed E-state index contributed by atoms with van der Waals surface area (Å²) in [5.74, 6) is -0.451. The number of hydrogen-bond donors (Lipinski definition) is 2. The van der Waals surface area contributed by atoms with Crippen molar-refractivity contribution in [2.75, 3.05) is 6.61 Å². The minimum atomic E-state index is -0.635. The van der Waals surface area contributed by atoms with Gasteiger partial charge in [0.25, 0.3) is 0 Å². The lowest BCUT2D eigenvalue weighted by Crippen LogP contribution is -2.29. The normalized spacial score (nSPS) is 26.3. The third-order valence-electron chi connectivity index (χ3n) is 2.84. The molecule has 1 fully saturated rings. The molecule has 0 saturated carbocycles. The summed E-state index contributed by atoms with van der Waals surface area (Å²) >= 11 is 4.84. The summed E-state index contributed by atoms with van der Waals surface area (Å²) in [6.07, 6.45) is 0.0126. The number of ether oxygens (including phenoxy) is 2. The first kappa shape index (κ1) is 13.9. The highest BCUT2D eigenvalue weighted by atomic mass is 32.1. The third-order valence-corrected chi connectivity index (χ3v) is 3.08. The lowest BCUT2D eigenvalue weighted by molar-refractivity contribution is -0.150. The van der Waals surface area contributed by atoms with Crippen LogP contribution in [0.3, 0.4) is 0 Å². The number of esters is 1. The highest BCUT2D eigenvalue weighted by Gasteiger charge is 2.38. The summed E-state index contributed by atoms with van der Waals surface area (Å²) < 4.78 is 12.2. The van der Waals surface area contributed by atoms with Crippen LogP contribution in [0.2, 0.25) is 0 Å². The number of nitrogens with one attached hydrogen (secondary N) is 1. The monoisotopic (exact) mass is 286 g/mol. The van der Waals surface area contributed by atoms with Crippen LogP contribution in [0.5, 0.6) is 0 Å². The largest absolute Gasteiger partial charge is 0.460 e. The minimum absolute atomic E-state index is 0.286. The molecule has 2 heterocycles. The Labute approximate surface area is 113 Å². The number of aromatic amines is 1. The number of nitrogens with zero attached hydrogens (tertiary/aromatic N) is 1. The molecule has 7 nitrogen and oxygen atoms in total. The minimum Gasteiger partial charge on any atom is -0.460 e. The number of hydrogen-bond acceptors (Lipinski definition) is 6. The van der Waals surface area contributed by atoms with Crippen molar-refractivity contribution < 1.29 is 19.4 Å². The van der Waals surface area contributed by atoms with Gasteiger partial charge in [-0.2, -0.15) is 0 Å². The van der Waals surface area contributed by atoms with Gasteiger partial charge in [-0.1, -0.05) is 12.2 Å². The number of aliphatic hydroxyl groups excluding tert-OH is 1. The number of aromatic nitrogens is 2. The average Bonchev–Trinajstić information content (AvgIpc) is 2.71. The van der Waals surface area contributed by atoms with E-state index in [1.54, 1.807) is 6.07 Å². The van der Waals surface area contributed by atoms with E-state index >= 15 is 0 Å². The molecule has 8 heteroatoms. The first-order chi connectivity index (χ1) is 9.01. The Bertz CT molecular complexity index is 581.